The van der Waals surface area contributed by atoms with Gasteiger partial charge in [0, 0.05) is 5.56 Å². The van der Waals surface area contributed by atoms with Gasteiger partial charge in [-0.1, -0.05) is 6.07 Å². The topological polar surface area (TPSA) is 75.1 Å². The molecule has 0 aliphatic heterocycles. The summed E-state index contributed by atoms with van der Waals surface area (Å²) in [5.74, 6) is -1.14. The number of nitrogens with one attached hydrogen (secondary N) is 1. The highest BCUT2D eigenvalue weighted by Crippen LogP contribution is 2.33. The molecular weight excluding hydrogens is 435 g/mol. The molecule has 2 rings (SSSR count). The molecule has 5 nitrogen and oxygen atoms in total. The SMILES string of the molecule is O=c1[nH]c(=O)n(Cc2c(F)cccc2C(F)(F)F)c(CO)c1I. The van der Waals surface area contributed by atoms with E-state index in [1.807, 2.05) is 4.98 Å². The number of aliphatic hydroxyl groups is 1. The van der Waals surface area contributed by atoms with Crippen molar-refractivity contribution in [2.24, 2.45) is 0 Å². The Morgan fingerprint density at radius 1 is 1.26 bits per heavy atom. The minimum Gasteiger partial charge on any atom is -0.390 e. The Kier molecular flexibility index (Phi) is 4.94. The molecule has 0 atom stereocenters. The second-order valence-corrected chi connectivity index (χ2v) is 5.61. The highest BCUT2D eigenvalue weighted by Gasteiger charge is 2.34. The first-order valence-electron chi connectivity index (χ1n) is 6.13. The number of halogens is 5. The highest BCUT2D eigenvalue weighted by molar-refractivity contribution is 14.1. The largest absolute Gasteiger partial charge is 0.416 e. The molecule has 1 aromatic carbocycles. The zero-order valence-corrected chi connectivity index (χ0v) is 13.4. The number of hydrogen-bond acceptors (Lipinski definition) is 3. The van der Waals surface area contributed by atoms with Crippen molar-refractivity contribution in [3.63, 3.8) is 0 Å². The van der Waals surface area contributed by atoms with Crippen LogP contribution in [-0.2, 0) is 19.3 Å². The van der Waals surface area contributed by atoms with Gasteiger partial charge in [0.1, 0.15) is 9.39 Å². The molecule has 0 fully saturated rings. The van der Waals surface area contributed by atoms with Gasteiger partial charge in [0.05, 0.1) is 24.4 Å². The molecule has 2 aromatic rings. The molecule has 1 heterocycles. The average Bonchev–Trinajstić information content (AvgIpc) is 2.45. The molecule has 0 aliphatic rings. The predicted molar refractivity (Wildman–Crippen MR) is 80.5 cm³/mol. The van der Waals surface area contributed by atoms with Gasteiger partial charge in [0.2, 0.25) is 0 Å². The van der Waals surface area contributed by atoms with Crippen molar-refractivity contribution in [2.45, 2.75) is 19.3 Å². The molecule has 0 unspecified atom stereocenters. The van der Waals surface area contributed by atoms with Crippen molar-refractivity contribution >= 4 is 22.6 Å². The van der Waals surface area contributed by atoms with Gasteiger partial charge in [-0.3, -0.25) is 14.3 Å². The van der Waals surface area contributed by atoms with E-state index >= 15 is 0 Å². The number of alkyl halides is 3. The maximum atomic E-state index is 13.9. The van der Waals surface area contributed by atoms with Crippen molar-refractivity contribution in [1.29, 1.82) is 0 Å². The smallest absolute Gasteiger partial charge is 0.390 e. The van der Waals surface area contributed by atoms with Crippen LogP contribution in [-0.4, -0.2) is 14.7 Å². The van der Waals surface area contributed by atoms with Crippen LogP contribution in [0.25, 0.3) is 0 Å². The molecule has 0 spiro atoms. The number of hydrogen-bond donors (Lipinski definition) is 2. The van der Waals surface area contributed by atoms with Gasteiger partial charge in [-0.25, -0.2) is 9.18 Å². The van der Waals surface area contributed by atoms with Crippen molar-refractivity contribution in [1.82, 2.24) is 9.55 Å². The number of benzene rings is 1. The van der Waals surface area contributed by atoms with Gasteiger partial charge in [-0.2, -0.15) is 13.2 Å². The van der Waals surface area contributed by atoms with E-state index in [1.54, 1.807) is 22.6 Å². The molecule has 2 N–H and O–H groups in total. The van der Waals surface area contributed by atoms with Crippen LogP contribution in [0.3, 0.4) is 0 Å². The quantitative estimate of drug-likeness (QED) is 0.561. The van der Waals surface area contributed by atoms with E-state index in [1.165, 1.54) is 0 Å². The minimum atomic E-state index is -4.81. The van der Waals surface area contributed by atoms with Gasteiger partial charge in [-0.15, -0.1) is 0 Å². The molecule has 23 heavy (non-hydrogen) atoms. The Morgan fingerprint density at radius 2 is 1.91 bits per heavy atom. The molecule has 1 aromatic heterocycles. The van der Waals surface area contributed by atoms with E-state index < -0.39 is 47.5 Å². The average molecular weight is 444 g/mol. The van der Waals surface area contributed by atoms with E-state index in [0.29, 0.717) is 10.6 Å². The normalized spacial score (nSPS) is 11.7. The summed E-state index contributed by atoms with van der Waals surface area (Å²) in [5, 5.41) is 9.29. The van der Waals surface area contributed by atoms with Crippen LogP contribution in [0.15, 0.2) is 27.8 Å². The number of nitrogens with zero attached hydrogens (tertiary/aromatic N) is 1. The molecular formula is C13H9F4IN2O3. The monoisotopic (exact) mass is 444 g/mol. The van der Waals surface area contributed by atoms with E-state index in [4.69, 9.17) is 0 Å². The van der Waals surface area contributed by atoms with Gasteiger partial charge in [0.15, 0.2) is 0 Å². The molecule has 0 radical (unpaired) electrons. The van der Waals surface area contributed by atoms with Crippen LogP contribution in [0.1, 0.15) is 16.8 Å². The summed E-state index contributed by atoms with van der Waals surface area (Å²) in [6.07, 6.45) is -4.81. The van der Waals surface area contributed by atoms with Crippen LogP contribution >= 0.6 is 22.6 Å². The first kappa shape index (κ1) is 17.7. The third-order valence-electron chi connectivity index (χ3n) is 3.13. The lowest BCUT2D eigenvalue weighted by Crippen LogP contribution is -2.35. The Balaban J connectivity index is 2.69. The number of aromatic amines is 1. The summed E-state index contributed by atoms with van der Waals surface area (Å²) in [6.45, 7) is -1.53. The summed E-state index contributed by atoms with van der Waals surface area (Å²) >= 11 is 1.54. The lowest BCUT2D eigenvalue weighted by molar-refractivity contribution is -0.138. The van der Waals surface area contributed by atoms with Crippen LogP contribution in [0, 0.1) is 9.39 Å². The van der Waals surface area contributed by atoms with E-state index in [9.17, 15) is 32.3 Å². The minimum absolute atomic E-state index is 0.0606. The fourth-order valence-electron chi connectivity index (χ4n) is 2.06. The molecule has 10 heteroatoms. The predicted octanol–water partition coefficient (Wildman–Crippen LogP) is 1.84. The summed E-state index contributed by atoms with van der Waals surface area (Å²) in [5.41, 5.74) is -3.97. The maximum Gasteiger partial charge on any atom is 0.416 e. The molecule has 0 bridgehead atoms. The lowest BCUT2D eigenvalue weighted by Gasteiger charge is -2.17. The van der Waals surface area contributed by atoms with Crippen molar-refractivity contribution in [3.05, 3.63) is 65.2 Å². The second-order valence-electron chi connectivity index (χ2n) is 4.53. The Morgan fingerprint density at radius 3 is 2.48 bits per heavy atom. The molecule has 0 saturated carbocycles. The number of aliphatic hydroxyl groups excluding tert-OH is 1. The van der Waals surface area contributed by atoms with Crippen LogP contribution in [0.2, 0.25) is 0 Å². The summed E-state index contributed by atoms with van der Waals surface area (Å²) < 4.78 is 53.5. The summed E-state index contributed by atoms with van der Waals surface area (Å²) in [7, 11) is 0. The molecule has 0 amide bonds. The zero-order valence-electron chi connectivity index (χ0n) is 11.2. The molecule has 0 aliphatic carbocycles. The fraction of sp³-hybridized carbons (Fsp3) is 0.231. The Bertz CT molecular complexity index is 858. The fourth-order valence-corrected chi connectivity index (χ4v) is 2.65. The Labute approximate surface area is 139 Å². The highest BCUT2D eigenvalue weighted by atomic mass is 127. The van der Waals surface area contributed by atoms with Crippen LogP contribution in [0.5, 0.6) is 0 Å². The van der Waals surface area contributed by atoms with Gasteiger partial charge >= 0.3 is 11.9 Å². The zero-order chi connectivity index (χ0) is 17.4. The number of rotatable bonds is 3. The third-order valence-corrected chi connectivity index (χ3v) is 4.25. The van der Waals surface area contributed by atoms with E-state index in [-0.39, 0.29) is 9.26 Å². The summed E-state index contributed by atoms with van der Waals surface area (Å²) in [6, 6.07) is 2.44. The second kappa shape index (κ2) is 6.43. The first-order chi connectivity index (χ1) is 10.7. The molecule has 124 valence electrons. The molecule has 0 saturated heterocycles. The maximum absolute atomic E-state index is 13.9. The van der Waals surface area contributed by atoms with Crippen molar-refractivity contribution < 1.29 is 22.7 Å². The number of H-pyrrole nitrogens is 1. The van der Waals surface area contributed by atoms with Crippen molar-refractivity contribution in [3.8, 4) is 0 Å². The number of aromatic nitrogens is 2. The van der Waals surface area contributed by atoms with Gasteiger partial charge < -0.3 is 5.11 Å². The van der Waals surface area contributed by atoms with E-state index in [0.717, 1.165) is 12.1 Å². The van der Waals surface area contributed by atoms with Crippen LogP contribution < -0.4 is 11.2 Å². The standard InChI is InChI=1S/C13H9F4IN2O3/c14-8-3-1-2-7(13(15,16)17)6(8)4-20-9(5-21)10(18)11(22)19-12(20)23/h1-3,21H,4-5H2,(H,19,22,23). The Hall–Kier alpha value is -1.69. The van der Waals surface area contributed by atoms with Crippen molar-refractivity contribution in [2.75, 3.05) is 0 Å². The lowest BCUT2D eigenvalue weighted by atomic mass is 10.1. The van der Waals surface area contributed by atoms with Gasteiger partial charge in [0.25, 0.3) is 5.56 Å². The van der Waals surface area contributed by atoms with Crippen LogP contribution in [0.4, 0.5) is 17.6 Å². The van der Waals surface area contributed by atoms with E-state index in [2.05, 4.69) is 0 Å². The third kappa shape index (κ3) is 3.47. The first-order valence-corrected chi connectivity index (χ1v) is 7.21. The van der Waals surface area contributed by atoms with Gasteiger partial charge in [-0.05, 0) is 34.7 Å². The summed E-state index contributed by atoms with van der Waals surface area (Å²) in [4.78, 5) is 25.2.